The molecule has 4 aromatic carbocycles. The maximum Gasteiger partial charge on any atom is 0.183 e. The van der Waals surface area contributed by atoms with Crippen LogP contribution in [0, 0.1) is 0 Å². The molecule has 0 saturated carbocycles. The van der Waals surface area contributed by atoms with Crippen LogP contribution in [0.2, 0.25) is 0 Å². The Hall–Kier alpha value is -3.35. The molecule has 1 heterocycles. The summed E-state index contributed by atoms with van der Waals surface area (Å²) in [6, 6.07) is 28.7. The predicted octanol–water partition coefficient (Wildman–Crippen LogP) is 5.44. The SMILES string of the molecule is Nc1ccc(OC2CCCN(Cc3ccccc3)C2)cc1CS(=O)(=O)c1cccc2ccccc12. The summed E-state index contributed by atoms with van der Waals surface area (Å²) in [7, 11) is -3.60. The van der Waals surface area contributed by atoms with E-state index >= 15 is 0 Å². The smallest absolute Gasteiger partial charge is 0.183 e. The van der Waals surface area contributed by atoms with Crippen molar-refractivity contribution in [3.05, 3.63) is 102 Å². The van der Waals surface area contributed by atoms with E-state index in [1.807, 2.05) is 42.5 Å². The number of anilines is 1. The molecule has 0 spiro atoms. The first kappa shape index (κ1) is 23.4. The van der Waals surface area contributed by atoms with Crippen molar-refractivity contribution in [3.8, 4) is 5.75 Å². The summed E-state index contributed by atoms with van der Waals surface area (Å²) in [5.74, 6) is 0.489. The minimum absolute atomic E-state index is 0.0543. The second-order valence-corrected chi connectivity index (χ2v) is 11.2. The normalized spacial score (nSPS) is 16.9. The lowest BCUT2D eigenvalue weighted by molar-refractivity contribution is 0.0843. The number of rotatable bonds is 7. The molecule has 2 N–H and O–H groups in total. The lowest BCUT2D eigenvalue weighted by atomic mass is 10.1. The summed E-state index contributed by atoms with van der Waals surface area (Å²) in [4.78, 5) is 2.73. The van der Waals surface area contributed by atoms with Crippen LogP contribution in [0.1, 0.15) is 24.0 Å². The zero-order chi connectivity index (χ0) is 24.3. The highest BCUT2D eigenvalue weighted by atomic mass is 32.2. The molecule has 1 aliphatic rings. The van der Waals surface area contributed by atoms with Crippen molar-refractivity contribution >= 4 is 26.3 Å². The average Bonchev–Trinajstić information content (AvgIpc) is 2.86. The minimum atomic E-state index is -3.60. The topological polar surface area (TPSA) is 72.6 Å². The van der Waals surface area contributed by atoms with E-state index in [9.17, 15) is 8.42 Å². The van der Waals surface area contributed by atoms with Gasteiger partial charge in [0.25, 0.3) is 0 Å². The Kier molecular flexibility index (Phi) is 6.75. The van der Waals surface area contributed by atoms with Crippen molar-refractivity contribution in [2.45, 2.75) is 36.1 Å². The maximum atomic E-state index is 13.4. The third-order valence-electron chi connectivity index (χ3n) is 6.56. The van der Waals surface area contributed by atoms with E-state index in [-0.39, 0.29) is 11.9 Å². The predicted molar refractivity (Wildman–Crippen MR) is 141 cm³/mol. The van der Waals surface area contributed by atoms with E-state index in [0.29, 0.717) is 21.9 Å². The Morgan fingerprint density at radius 3 is 2.54 bits per heavy atom. The average molecular weight is 487 g/mol. The van der Waals surface area contributed by atoms with Gasteiger partial charge in [-0.1, -0.05) is 66.7 Å². The van der Waals surface area contributed by atoms with Crippen LogP contribution in [0.5, 0.6) is 5.75 Å². The molecule has 0 amide bonds. The number of benzene rings is 4. The summed E-state index contributed by atoms with van der Waals surface area (Å²) in [6.07, 6.45) is 2.09. The second kappa shape index (κ2) is 10.1. The molecule has 1 unspecified atom stereocenters. The zero-order valence-corrected chi connectivity index (χ0v) is 20.5. The molecule has 35 heavy (non-hydrogen) atoms. The third-order valence-corrected chi connectivity index (χ3v) is 8.28. The molecule has 0 aliphatic carbocycles. The Morgan fingerprint density at radius 1 is 0.914 bits per heavy atom. The summed E-state index contributed by atoms with van der Waals surface area (Å²) in [6.45, 7) is 2.78. The van der Waals surface area contributed by atoms with Gasteiger partial charge in [0.05, 0.1) is 10.6 Å². The molecule has 6 heteroatoms. The van der Waals surface area contributed by atoms with Gasteiger partial charge >= 0.3 is 0 Å². The van der Waals surface area contributed by atoms with Gasteiger partial charge in [0.2, 0.25) is 0 Å². The maximum absolute atomic E-state index is 13.4. The first-order valence-corrected chi connectivity index (χ1v) is 13.6. The molecule has 0 radical (unpaired) electrons. The van der Waals surface area contributed by atoms with Crippen LogP contribution in [0.4, 0.5) is 5.69 Å². The summed E-state index contributed by atoms with van der Waals surface area (Å²) in [5.41, 5.74) is 8.51. The molecule has 1 atom stereocenters. The molecule has 180 valence electrons. The first-order valence-electron chi connectivity index (χ1n) is 12.0. The lowest BCUT2D eigenvalue weighted by Gasteiger charge is -2.33. The highest BCUT2D eigenvalue weighted by Gasteiger charge is 2.23. The molecule has 1 aliphatic heterocycles. The van der Waals surface area contributed by atoms with Crippen LogP contribution in [0.25, 0.3) is 10.8 Å². The molecule has 5 nitrogen and oxygen atoms in total. The van der Waals surface area contributed by atoms with Gasteiger partial charge in [0.1, 0.15) is 11.9 Å². The Labute approximate surface area is 207 Å². The van der Waals surface area contributed by atoms with Gasteiger partial charge in [-0.3, -0.25) is 4.90 Å². The number of hydrogen-bond acceptors (Lipinski definition) is 5. The van der Waals surface area contributed by atoms with E-state index < -0.39 is 9.84 Å². The van der Waals surface area contributed by atoms with Gasteiger partial charge in [-0.25, -0.2) is 8.42 Å². The number of nitrogens with two attached hydrogens (primary N) is 1. The Balaban J connectivity index is 1.31. The van der Waals surface area contributed by atoms with Crippen LogP contribution in [0.3, 0.4) is 0 Å². The van der Waals surface area contributed by atoms with Crippen LogP contribution < -0.4 is 10.5 Å². The standard InChI is InChI=1S/C29H30N2O3S/c30-28-16-15-25(34-26-12-7-17-31(20-26)19-22-8-2-1-3-9-22)18-24(28)21-35(32,33)29-14-6-11-23-10-4-5-13-27(23)29/h1-6,8-11,13-16,18,26H,7,12,17,19-21,30H2. The molecule has 0 aromatic heterocycles. The van der Waals surface area contributed by atoms with Crippen LogP contribution in [0.15, 0.2) is 95.9 Å². The number of likely N-dealkylation sites (tertiary alicyclic amines) is 1. The number of piperidine rings is 1. The van der Waals surface area contributed by atoms with E-state index in [4.69, 9.17) is 10.5 Å². The first-order chi connectivity index (χ1) is 17.0. The number of hydrogen-bond donors (Lipinski definition) is 1. The fraction of sp³-hybridized carbons (Fsp3) is 0.241. The molecule has 5 rings (SSSR count). The van der Waals surface area contributed by atoms with Gasteiger partial charge in [-0.2, -0.15) is 0 Å². The van der Waals surface area contributed by atoms with Crippen molar-refractivity contribution < 1.29 is 13.2 Å². The van der Waals surface area contributed by atoms with Crippen molar-refractivity contribution in [1.82, 2.24) is 4.90 Å². The van der Waals surface area contributed by atoms with E-state index in [1.54, 1.807) is 24.3 Å². The quantitative estimate of drug-likeness (QED) is 0.352. The molecular formula is C29H30N2O3S. The molecule has 1 fully saturated rings. The van der Waals surface area contributed by atoms with Gasteiger partial charge in [-0.15, -0.1) is 0 Å². The minimum Gasteiger partial charge on any atom is -0.489 e. The van der Waals surface area contributed by atoms with Gasteiger partial charge in [0, 0.05) is 24.2 Å². The summed E-state index contributed by atoms with van der Waals surface area (Å²) in [5, 5.41) is 1.62. The van der Waals surface area contributed by atoms with Gasteiger partial charge in [0.15, 0.2) is 9.84 Å². The molecule has 0 bridgehead atoms. The number of sulfone groups is 1. The van der Waals surface area contributed by atoms with Crippen LogP contribution in [-0.2, 0) is 22.1 Å². The van der Waals surface area contributed by atoms with Crippen molar-refractivity contribution in [3.63, 3.8) is 0 Å². The zero-order valence-electron chi connectivity index (χ0n) is 19.6. The number of nitrogens with zero attached hydrogens (tertiary/aromatic N) is 1. The number of ether oxygens (including phenoxy) is 1. The molecule has 4 aromatic rings. The summed E-state index contributed by atoms with van der Waals surface area (Å²) >= 11 is 0. The van der Waals surface area contributed by atoms with Crippen molar-refractivity contribution in [2.75, 3.05) is 18.8 Å². The van der Waals surface area contributed by atoms with Gasteiger partial charge in [-0.05, 0) is 60.2 Å². The van der Waals surface area contributed by atoms with E-state index in [1.165, 1.54) is 5.56 Å². The van der Waals surface area contributed by atoms with Crippen LogP contribution in [-0.4, -0.2) is 32.5 Å². The van der Waals surface area contributed by atoms with Crippen LogP contribution >= 0.6 is 0 Å². The monoisotopic (exact) mass is 486 g/mol. The fourth-order valence-electron chi connectivity index (χ4n) is 4.82. The highest BCUT2D eigenvalue weighted by Crippen LogP contribution is 2.30. The second-order valence-electron chi connectivity index (χ2n) is 9.20. The molecule has 1 saturated heterocycles. The van der Waals surface area contributed by atoms with Crippen molar-refractivity contribution in [2.24, 2.45) is 0 Å². The Morgan fingerprint density at radius 2 is 1.69 bits per heavy atom. The highest BCUT2D eigenvalue weighted by molar-refractivity contribution is 7.90. The lowest BCUT2D eigenvalue weighted by Crippen LogP contribution is -2.40. The Bertz CT molecular complexity index is 1420. The fourth-order valence-corrected chi connectivity index (χ4v) is 6.44. The summed E-state index contributed by atoms with van der Waals surface area (Å²) < 4.78 is 33.1. The van der Waals surface area contributed by atoms with E-state index in [2.05, 4.69) is 29.2 Å². The number of nitrogen functional groups attached to an aromatic ring is 1. The van der Waals surface area contributed by atoms with E-state index in [0.717, 1.165) is 43.2 Å². The molecular weight excluding hydrogens is 456 g/mol. The van der Waals surface area contributed by atoms with Gasteiger partial charge < -0.3 is 10.5 Å². The third kappa shape index (κ3) is 5.50. The van der Waals surface area contributed by atoms with Crippen molar-refractivity contribution in [1.29, 1.82) is 0 Å². The number of fused-ring (bicyclic) bond motifs is 1. The largest absolute Gasteiger partial charge is 0.489 e.